The van der Waals surface area contributed by atoms with Gasteiger partial charge in [-0.25, -0.2) is 17.8 Å². The highest BCUT2D eigenvalue weighted by Gasteiger charge is 2.30. The highest BCUT2D eigenvalue weighted by molar-refractivity contribution is 7.92. The Morgan fingerprint density at radius 1 is 1.00 bits per heavy atom. The Hall–Kier alpha value is -3.28. The zero-order valence-corrected chi connectivity index (χ0v) is 27.3. The highest BCUT2D eigenvalue weighted by Crippen LogP contribution is 2.34. The van der Waals surface area contributed by atoms with Crippen LogP contribution in [0, 0.1) is 18.7 Å². The van der Waals surface area contributed by atoms with Crippen molar-refractivity contribution >= 4 is 27.0 Å². The van der Waals surface area contributed by atoms with Crippen molar-refractivity contribution in [1.82, 2.24) is 9.88 Å². The summed E-state index contributed by atoms with van der Waals surface area (Å²) < 4.78 is 82.7. The third-order valence-corrected chi connectivity index (χ3v) is 11.7. The maximum atomic E-state index is 14.9. The quantitative estimate of drug-likeness (QED) is 0.171. The molecule has 1 fully saturated rings. The van der Waals surface area contributed by atoms with Gasteiger partial charge in [0.05, 0.1) is 21.8 Å². The van der Waals surface area contributed by atoms with E-state index in [1.165, 1.54) is 61.3 Å². The fraction of sp³-hybridized carbons (Fsp3) is 0.400. The molecule has 5 nitrogen and oxygen atoms in total. The lowest BCUT2D eigenvalue weighted by Crippen LogP contribution is -2.30. The molecule has 1 N–H and O–H groups in total. The summed E-state index contributed by atoms with van der Waals surface area (Å²) in [5, 5.41) is 0.673. The minimum Gasteiger partial charge on any atom is -0.294 e. The summed E-state index contributed by atoms with van der Waals surface area (Å²) in [5.74, 6) is 0.213. The van der Waals surface area contributed by atoms with Crippen molar-refractivity contribution < 1.29 is 26.0 Å². The van der Waals surface area contributed by atoms with Gasteiger partial charge < -0.3 is 0 Å². The monoisotopic (exact) mass is 671 g/mol. The number of sulfonamides is 1. The predicted octanol–water partition coefficient (Wildman–Crippen LogP) is 9.15. The second-order valence-corrected chi connectivity index (χ2v) is 15.2. The molecule has 6 rings (SSSR count). The maximum Gasteiger partial charge on any atom is 0.416 e. The zero-order valence-electron chi connectivity index (χ0n) is 25.7. The van der Waals surface area contributed by atoms with Gasteiger partial charge in [0.15, 0.2) is 0 Å². The topological polar surface area (TPSA) is 62.3 Å². The van der Waals surface area contributed by atoms with Crippen LogP contribution in [0.15, 0.2) is 65.6 Å². The molecule has 2 heterocycles. The van der Waals surface area contributed by atoms with Crippen LogP contribution in [0.5, 0.6) is 0 Å². The second-order valence-electron chi connectivity index (χ2n) is 12.5. The molecule has 0 atom stereocenters. The van der Waals surface area contributed by atoms with Crippen molar-refractivity contribution in [1.29, 1.82) is 0 Å². The normalized spacial score (nSPS) is 16.1. The van der Waals surface area contributed by atoms with Crippen LogP contribution in [0.1, 0.15) is 71.3 Å². The standard InChI is InChI=1S/C35H37F4N3O2S2/c1-23-33(45-34(40-23)26-10-13-29(14-11-26)35(37,38)39)22-42-18-17-27-20-30(15-12-28(27)21-42)46(43,44)41-32-16-9-25(19-31(32)36)8-4-7-24-5-2-3-6-24/h9-16,19-20,24,41H,2-8,17-18,21-22H2,1H3. The van der Waals surface area contributed by atoms with Gasteiger partial charge in [-0.2, -0.15) is 13.2 Å². The molecule has 0 radical (unpaired) electrons. The van der Waals surface area contributed by atoms with Gasteiger partial charge >= 0.3 is 6.18 Å². The Bertz CT molecular complexity index is 1800. The van der Waals surface area contributed by atoms with E-state index >= 15 is 0 Å². The number of aryl methyl sites for hydroxylation is 2. The number of aromatic nitrogens is 1. The molecule has 0 unspecified atom stereocenters. The molecule has 11 heteroatoms. The molecule has 1 aromatic heterocycles. The van der Waals surface area contributed by atoms with Crippen LogP contribution < -0.4 is 4.72 Å². The van der Waals surface area contributed by atoms with Crippen molar-refractivity contribution in [2.75, 3.05) is 11.3 Å². The fourth-order valence-electron chi connectivity index (χ4n) is 6.49. The Balaban J connectivity index is 1.07. The van der Waals surface area contributed by atoms with Crippen molar-refractivity contribution in [2.24, 2.45) is 5.92 Å². The van der Waals surface area contributed by atoms with Gasteiger partial charge in [-0.3, -0.25) is 9.62 Å². The molecule has 244 valence electrons. The number of rotatable bonds is 10. The van der Waals surface area contributed by atoms with Gasteiger partial charge in [0.25, 0.3) is 10.0 Å². The first kappa shape index (κ1) is 32.7. The fourth-order valence-corrected chi connectivity index (χ4v) is 8.72. The summed E-state index contributed by atoms with van der Waals surface area (Å²) in [6.45, 7) is 3.84. The Morgan fingerprint density at radius 3 is 2.48 bits per heavy atom. The third kappa shape index (κ3) is 7.64. The van der Waals surface area contributed by atoms with Crippen LogP contribution in [0.25, 0.3) is 10.6 Å². The average Bonchev–Trinajstić information content (AvgIpc) is 3.67. The van der Waals surface area contributed by atoms with Crippen LogP contribution in [0.3, 0.4) is 0 Å². The summed E-state index contributed by atoms with van der Waals surface area (Å²) in [7, 11) is -3.99. The van der Waals surface area contributed by atoms with Gasteiger partial charge in [0, 0.05) is 30.1 Å². The predicted molar refractivity (Wildman–Crippen MR) is 174 cm³/mol. The van der Waals surface area contributed by atoms with E-state index in [-0.39, 0.29) is 10.6 Å². The molecule has 3 aromatic carbocycles. The van der Waals surface area contributed by atoms with Crippen LogP contribution >= 0.6 is 11.3 Å². The molecular formula is C35H37F4N3O2S2. The van der Waals surface area contributed by atoms with Gasteiger partial charge in [0.2, 0.25) is 0 Å². The smallest absolute Gasteiger partial charge is 0.294 e. The van der Waals surface area contributed by atoms with Crippen molar-refractivity contribution in [3.8, 4) is 10.6 Å². The molecule has 2 aliphatic rings. The highest BCUT2D eigenvalue weighted by atomic mass is 32.2. The van der Waals surface area contributed by atoms with E-state index in [4.69, 9.17) is 0 Å². The van der Waals surface area contributed by atoms with E-state index < -0.39 is 27.6 Å². The van der Waals surface area contributed by atoms with Gasteiger partial charge in [-0.1, -0.05) is 56.4 Å². The number of nitrogens with zero attached hydrogens (tertiary/aromatic N) is 2. The van der Waals surface area contributed by atoms with Crippen molar-refractivity contribution in [3.05, 3.63) is 99.3 Å². The number of alkyl halides is 3. The number of thiazole rings is 1. The number of anilines is 1. The molecular weight excluding hydrogens is 635 g/mol. The molecule has 46 heavy (non-hydrogen) atoms. The molecule has 0 spiro atoms. The number of fused-ring (bicyclic) bond motifs is 1. The summed E-state index contributed by atoms with van der Waals surface area (Å²) in [5.41, 5.74) is 3.56. The first-order valence-corrected chi connectivity index (χ1v) is 18.0. The number of nitrogens with one attached hydrogen (secondary N) is 1. The average molecular weight is 672 g/mol. The number of hydrogen-bond donors (Lipinski definition) is 1. The first-order valence-electron chi connectivity index (χ1n) is 15.7. The summed E-state index contributed by atoms with van der Waals surface area (Å²) in [6, 6.07) is 14.8. The lowest BCUT2D eigenvalue weighted by atomic mass is 9.98. The summed E-state index contributed by atoms with van der Waals surface area (Å²) in [4.78, 5) is 7.98. The van der Waals surface area contributed by atoms with Gasteiger partial charge in [0.1, 0.15) is 10.8 Å². The Morgan fingerprint density at radius 2 is 1.76 bits per heavy atom. The SMILES string of the molecule is Cc1nc(-c2ccc(C(F)(F)F)cc2)sc1CN1CCc2cc(S(=O)(=O)Nc3ccc(CCCC4CCCC4)cc3F)ccc2C1. The summed E-state index contributed by atoms with van der Waals surface area (Å²) >= 11 is 1.47. The van der Waals surface area contributed by atoms with Crippen LogP contribution in [-0.4, -0.2) is 24.8 Å². The van der Waals surface area contributed by atoms with Gasteiger partial charge in [-0.15, -0.1) is 11.3 Å². The minimum absolute atomic E-state index is 0.0565. The van der Waals surface area contributed by atoms with E-state index in [0.717, 1.165) is 64.6 Å². The molecule has 1 saturated carbocycles. The Labute approximate surface area is 271 Å². The maximum absolute atomic E-state index is 14.9. The van der Waals surface area contributed by atoms with E-state index in [0.29, 0.717) is 36.6 Å². The van der Waals surface area contributed by atoms with E-state index in [1.807, 2.05) is 13.0 Å². The largest absolute Gasteiger partial charge is 0.416 e. The molecule has 0 bridgehead atoms. The van der Waals surface area contributed by atoms with E-state index in [2.05, 4.69) is 14.6 Å². The lowest BCUT2D eigenvalue weighted by Gasteiger charge is -2.28. The molecule has 1 aliphatic carbocycles. The molecule has 0 saturated heterocycles. The number of benzene rings is 3. The summed E-state index contributed by atoms with van der Waals surface area (Å²) in [6.07, 6.45) is 4.41. The third-order valence-electron chi connectivity index (χ3n) is 9.13. The molecule has 0 amide bonds. The second kappa shape index (κ2) is 13.4. The van der Waals surface area contributed by atoms with Crippen LogP contribution in [0.2, 0.25) is 0 Å². The molecule has 4 aromatic rings. The molecule has 1 aliphatic heterocycles. The van der Waals surface area contributed by atoms with Crippen molar-refractivity contribution in [2.45, 2.75) is 82.5 Å². The van der Waals surface area contributed by atoms with Crippen LogP contribution in [0.4, 0.5) is 23.2 Å². The van der Waals surface area contributed by atoms with E-state index in [1.54, 1.807) is 18.2 Å². The number of hydrogen-bond acceptors (Lipinski definition) is 5. The lowest BCUT2D eigenvalue weighted by molar-refractivity contribution is -0.137. The van der Waals surface area contributed by atoms with E-state index in [9.17, 15) is 26.0 Å². The minimum atomic E-state index is -4.38. The van der Waals surface area contributed by atoms with Crippen LogP contribution in [-0.2, 0) is 42.1 Å². The number of halogens is 4. The first-order chi connectivity index (χ1) is 21.9. The Kier molecular flexibility index (Phi) is 9.55. The van der Waals surface area contributed by atoms with Crippen molar-refractivity contribution in [3.63, 3.8) is 0 Å². The van der Waals surface area contributed by atoms with Gasteiger partial charge in [-0.05, 0) is 85.2 Å². The zero-order chi connectivity index (χ0) is 32.5.